The maximum atomic E-state index is 15.5. The molecule has 3 fully saturated rings. The lowest BCUT2D eigenvalue weighted by Gasteiger charge is -2.28. The Morgan fingerprint density at radius 3 is 2.51 bits per heavy atom. The fraction of sp³-hybridized carbons (Fsp3) is 0.529. The van der Waals surface area contributed by atoms with Gasteiger partial charge < -0.3 is 24.4 Å². The van der Waals surface area contributed by atoms with Gasteiger partial charge in [-0.2, -0.15) is 0 Å². The highest BCUT2D eigenvalue weighted by Gasteiger charge is 2.43. The van der Waals surface area contributed by atoms with Crippen LogP contribution >= 0.6 is 22.9 Å². The topological polar surface area (TPSA) is 80.3 Å². The van der Waals surface area contributed by atoms with Crippen molar-refractivity contribution in [2.24, 2.45) is 0 Å². The van der Waals surface area contributed by atoms with Crippen LogP contribution in [0.1, 0.15) is 54.4 Å². The molecule has 0 spiro atoms. The van der Waals surface area contributed by atoms with E-state index in [-0.39, 0.29) is 64.9 Å². The normalized spacial score (nSPS) is 24.5. The summed E-state index contributed by atoms with van der Waals surface area (Å²) in [7, 11) is 3.40. The summed E-state index contributed by atoms with van der Waals surface area (Å²) in [4.78, 5) is 31.1. The van der Waals surface area contributed by atoms with E-state index in [9.17, 15) is 9.59 Å². The number of methoxy groups -OCH3 is 2. The molecular formula is C34H41ClFN3O5S. The fourth-order valence-electron chi connectivity index (χ4n) is 7.05. The molecule has 45 heavy (non-hydrogen) atoms. The number of nitrogens with zero attached hydrogens (tertiary/aromatic N) is 2. The molecule has 3 heterocycles. The summed E-state index contributed by atoms with van der Waals surface area (Å²) < 4.78 is 34.1. The predicted octanol–water partition coefficient (Wildman–Crippen LogP) is 6.15. The van der Waals surface area contributed by atoms with Crippen molar-refractivity contribution in [3.05, 3.63) is 63.7 Å². The summed E-state index contributed by atoms with van der Waals surface area (Å²) in [5.41, 5.74) is 0.863. The molecule has 1 aliphatic carbocycles. The number of carbonyl (C=O) groups is 2. The Morgan fingerprint density at radius 1 is 1.04 bits per heavy atom. The number of hydrogen-bond donors (Lipinski definition) is 1. The van der Waals surface area contributed by atoms with Crippen molar-refractivity contribution in [1.29, 1.82) is 0 Å². The molecule has 4 atom stereocenters. The van der Waals surface area contributed by atoms with Gasteiger partial charge in [-0.1, -0.05) is 49.1 Å². The van der Waals surface area contributed by atoms with Crippen LogP contribution in [0.3, 0.4) is 0 Å². The van der Waals surface area contributed by atoms with Gasteiger partial charge in [0.2, 0.25) is 5.91 Å². The number of ether oxygens (including phenoxy) is 3. The lowest BCUT2D eigenvalue weighted by Crippen LogP contribution is -2.41. The van der Waals surface area contributed by atoms with Crippen LogP contribution in [0, 0.1) is 5.82 Å². The number of carbonyl (C=O) groups excluding carboxylic acids is 2. The van der Waals surface area contributed by atoms with Crippen LogP contribution in [0.25, 0.3) is 10.1 Å². The highest BCUT2D eigenvalue weighted by Crippen LogP contribution is 2.32. The number of thiophene rings is 1. The third-order valence-electron chi connectivity index (χ3n) is 9.61. The van der Waals surface area contributed by atoms with Crippen molar-refractivity contribution in [3.63, 3.8) is 0 Å². The number of likely N-dealkylation sites (tertiary alicyclic amines) is 2. The molecule has 2 aliphatic heterocycles. The quantitative estimate of drug-likeness (QED) is 0.282. The molecule has 11 heteroatoms. The predicted molar refractivity (Wildman–Crippen MR) is 175 cm³/mol. The first-order valence-electron chi connectivity index (χ1n) is 15.8. The third-order valence-corrected chi connectivity index (χ3v) is 10.9. The molecular weight excluding hydrogens is 617 g/mol. The zero-order valence-electron chi connectivity index (χ0n) is 25.8. The summed E-state index contributed by atoms with van der Waals surface area (Å²) in [6, 6.07) is 10.3. The van der Waals surface area contributed by atoms with E-state index < -0.39 is 5.82 Å². The molecule has 1 N–H and O–H groups in total. The molecule has 3 aromatic rings. The van der Waals surface area contributed by atoms with Crippen molar-refractivity contribution in [3.8, 4) is 0 Å². The van der Waals surface area contributed by atoms with Crippen LogP contribution in [0.15, 0.2) is 41.8 Å². The second-order valence-corrected chi connectivity index (χ2v) is 13.7. The van der Waals surface area contributed by atoms with Crippen LogP contribution < -0.4 is 5.32 Å². The molecule has 8 nitrogen and oxygen atoms in total. The van der Waals surface area contributed by atoms with Gasteiger partial charge in [0.25, 0.3) is 5.91 Å². The molecule has 1 aromatic heterocycles. The number of fused-ring (bicyclic) bond motifs is 1. The van der Waals surface area contributed by atoms with Gasteiger partial charge in [-0.15, -0.1) is 11.3 Å². The van der Waals surface area contributed by atoms with E-state index in [0.717, 1.165) is 42.4 Å². The van der Waals surface area contributed by atoms with Gasteiger partial charge in [0, 0.05) is 55.4 Å². The first kappa shape index (κ1) is 32.3. The Kier molecular flexibility index (Phi) is 10.4. The number of anilines is 1. The summed E-state index contributed by atoms with van der Waals surface area (Å²) in [6.45, 7) is 2.46. The van der Waals surface area contributed by atoms with E-state index in [1.165, 1.54) is 42.7 Å². The zero-order chi connectivity index (χ0) is 31.5. The number of amides is 2. The first-order chi connectivity index (χ1) is 21.8. The lowest BCUT2D eigenvalue weighted by molar-refractivity contribution is -0.133. The first-order valence-corrected chi connectivity index (χ1v) is 17.1. The van der Waals surface area contributed by atoms with Crippen LogP contribution in [0.5, 0.6) is 0 Å². The van der Waals surface area contributed by atoms with E-state index in [4.69, 9.17) is 25.8 Å². The van der Waals surface area contributed by atoms with E-state index in [2.05, 4.69) is 10.2 Å². The smallest absolute Gasteiger partial charge is 0.257 e. The highest BCUT2D eigenvalue weighted by molar-refractivity contribution is 7.17. The van der Waals surface area contributed by atoms with Crippen molar-refractivity contribution in [1.82, 2.24) is 9.80 Å². The number of benzene rings is 2. The van der Waals surface area contributed by atoms with Gasteiger partial charge in [-0.25, -0.2) is 4.39 Å². The fourth-order valence-corrected chi connectivity index (χ4v) is 8.22. The summed E-state index contributed by atoms with van der Waals surface area (Å²) in [5.74, 6) is -1.12. The van der Waals surface area contributed by atoms with Gasteiger partial charge in [0.15, 0.2) is 0 Å². The van der Waals surface area contributed by atoms with Crippen molar-refractivity contribution >= 4 is 50.5 Å². The Labute approximate surface area is 272 Å². The average Bonchev–Trinajstić information content (AvgIpc) is 3.79. The summed E-state index contributed by atoms with van der Waals surface area (Å²) in [5, 5.41) is 5.53. The Balaban J connectivity index is 1.15. The second kappa shape index (κ2) is 14.4. The van der Waals surface area contributed by atoms with Crippen molar-refractivity contribution in [2.45, 2.75) is 75.3 Å². The van der Waals surface area contributed by atoms with Crippen molar-refractivity contribution < 1.29 is 28.2 Å². The number of rotatable bonds is 10. The monoisotopic (exact) mass is 657 g/mol. The van der Waals surface area contributed by atoms with Gasteiger partial charge in [0.05, 0.1) is 53.7 Å². The van der Waals surface area contributed by atoms with Crippen LogP contribution in [0.4, 0.5) is 10.1 Å². The minimum atomic E-state index is -0.589. The minimum absolute atomic E-state index is 0.0228. The molecule has 2 amide bonds. The largest absolute Gasteiger partial charge is 0.377 e. The number of nitrogens with one attached hydrogen (secondary N) is 1. The maximum absolute atomic E-state index is 15.5. The van der Waals surface area contributed by atoms with Gasteiger partial charge in [0.1, 0.15) is 5.82 Å². The van der Waals surface area contributed by atoms with Crippen LogP contribution in [0.2, 0.25) is 5.02 Å². The number of halogens is 2. The third kappa shape index (κ3) is 7.21. The molecule has 1 saturated carbocycles. The lowest BCUT2D eigenvalue weighted by atomic mass is 9.98. The van der Waals surface area contributed by atoms with Crippen molar-refractivity contribution in [2.75, 3.05) is 45.8 Å². The molecule has 2 aromatic carbocycles. The molecule has 0 bridgehead atoms. The van der Waals surface area contributed by atoms with E-state index in [0.29, 0.717) is 18.7 Å². The summed E-state index contributed by atoms with van der Waals surface area (Å²) >= 11 is 8.01. The van der Waals surface area contributed by atoms with Gasteiger partial charge >= 0.3 is 0 Å². The molecule has 242 valence electrons. The SMILES string of the molecule is CO[C@H]1CN([C@H]2C[C@@H](COC3CCCCC3)N(C(=O)Cc3cc(Cl)c(NC(=O)c4csc5ccccc45)cc3F)C2)C[C@H]1OC. The molecule has 6 rings (SSSR count). The minimum Gasteiger partial charge on any atom is -0.377 e. The van der Waals surface area contributed by atoms with E-state index in [1.807, 2.05) is 29.2 Å². The number of hydrogen-bond acceptors (Lipinski definition) is 7. The molecule has 2 saturated heterocycles. The molecule has 0 radical (unpaired) electrons. The van der Waals surface area contributed by atoms with E-state index >= 15 is 4.39 Å². The highest BCUT2D eigenvalue weighted by atomic mass is 35.5. The van der Waals surface area contributed by atoms with Crippen LogP contribution in [-0.4, -0.2) is 92.5 Å². The molecule has 0 unspecified atom stereocenters. The van der Waals surface area contributed by atoms with Gasteiger partial charge in [-0.05, 0) is 43.0 Å². The Morgan fingerprint density at radius 2 is 1.78 bits per heavy atom. The maximum Gasteiger partial charge on any atom is 0.257 e. The Bertz CT molecular complexity index is 1500. The Hall–Kier alpha value is -2.60. The standard InChI is InChI=1S/C34H41ClFN3O5S/c1-42-30-17-38(18-31(30)43-2)22-14-23(19-44-24-8-4-3-5-9-24)39(16-22)33(40)13-21-12-27(35)29(15-28(21)36)37-34(41)26-20-45-32-11-7-6-10-25(26)32/h6-7,10-12,15,20,22-24,30-31H,3-5,8-9,13-14,16-19H2,1-2H3,(H,37,41)/t22-,23-,30-,31+/m0/s1. The average molecular weight is 658 g/mol. The second-order valence-electron chi connectivity index (χ2n) is 12.4. The zero-order valence-corrected chi connectivity index (χ0v) is 27.4. The van der Waals surface area contributed by atoms with Gasteiger partial charge in [-0.3, -0.25) is 14.5 Å². The van der Waals surface area contributed by atoms with E-state index in [1.54, 1.807) is 19.6 Å². The summed E-state index contributed by atoms with van der Waals surface area (Å²) in [6.07, 6.45) is 6.51. The van der Waals surface area contributed by atoms with Crippen LogP contribution in [-0.2, 0) is 25.4 Å². The molecule has 3 aliphatic rings.